The molecular weight excluding hydrogens is 238 g/mol. The Balaban J connectivity index is 2.68. The minimum absolute atomic E-state index is 0.0291. The van der Waals surface area contributed by atoms with Gasteiger partial charge in [0.15, 0.2) is 0 Å². The number of hydrogen-bond acceptors (Lipinski definition) is 3. The van der Waals surface area contributed by atoms with Gasteiger partial charge in [0, 0.05) is 39.2 Å². The normalized spacial score (nSPS) is 21.3. The minimum Gasteiger partial charge on any atom is -0.381 e. The molecule has 114 valence electrons. The van der Waals surface area contributed by atoms with Crippen LogP contribution in [0.1, 0.15) is 59.8 Å². The van der Waals surface area contributed by atoms with Gasteiger partial charge in [-0.2, -0.15) is 0 Å². The summed E-state index contributed by atoms with van der Waals surface area (Å²) in [6.07, 6.45) is 5.59. The fraction of sp³-hybridized carbons (Fsp3) is 1.00. The van der Waals surface area contributed by atoms with Crippen LogP contribution in [0.5, 0.6) is 0 Å². The molecule has 1 aliphatic rings. The van der Waals surface area contributed by atoms with Gasteiger partial charge in [0.25, 0.3) is 0 Å². The highest BCUT2D eigenvalue weighted by Crippen LogP contribution is 2.33. The van der Waals surface area contributed by atoms with Gasteiger partial charge in [-0.05, 0) is 31.2 Å². The second kappa shape index (κ2) is 7.61. The number of nitrogens with one attached hydrogen (secondary N) is 1. The van der Waals surface area contributed by atoms with Crippen molar-refractivity contribution in [2.75, 3.05) is 26.9 Å². The number of ether oxygens (including phenoxy) is 2. The molecule has 0 aromatic heterocycles. The predicted molar refractivity (Wildman–Crippen MR) is 80.6 cm³/mol. The van der Waals surface area contributed by atoms with Crippen molar-refractivity contribution in [2.24, 2.45) is 5.41 Å². The summed E-state index contributed by atoms with van der Waals surface area (Å²) >= 11 is 0. The lowest BCUT2D eigenvalue weighted by atomic mass is 9.79. The maximum Gasteiger partial charge on any atom is 0.0874 e. The molecule has 0 aromatic rings. The SMILES string of the molecule is CCCNC(CCC(C)(C)C)C1(OC)CCOCC1. The summed E-state index contributed by atoms with van der Waals surface area (Å²) in [6, 6.07) is 0.445. The molecule has 1 N–H and O–H groups in total. The van der Waals surface area contributed by atoms with Gasteiger partial charge in [0.2, 0.25) is 0 Å². The summed E-state index contributed by atoms with van der Waals surface area (Å²) in [7, 11) is 1.86. The number of rotatable bonds is 7. The summed E-state index contributed by atoms with van der Waals surface area (Å²) in [6.45, 7) is 11.9. The van der Waals surface area contributed by atoms with E-state index in [1.807, 2.05) is 7.11 Å². The van der Waals surface area contributed by atoms with Gasteiger partial charge < -0.3 is 14.8 Å². The van der Waals surface area contributed by atoms with Crippen LogP contribution in [0.15, 0.2) is 0 Å². The molecule has 0 saturated carbocycles. The van der Waals surface area contributed by atoms with Crippen molar-refractivity contribution >= 4 is 0 Å². The second-order valence-corrected chi connectivity index (χ2v) is 6.99. The summed E-state index contributed by atoms with van der Waals surface area (Å²) in [5.41, 5.74) is 0.352. The van der Waals surface area contributed by atoms with Crippen LogP contribution in [0.2, 0.25) is 0 Å². The lowest BCUT2D eigenvalue weighted by Crippen LogP contribution is -2.55. The third-order valence-electron chi connectivity index (χ3n) is 4.20. The molecule has 0 amide bonds. The Morgan fingerprint density at radius 3 is 2.37 bits per heavy atom. The fourth-order valence-electron chi connectivity index (χ4n) is 2.86. The highest BCUT2D eigenvalue weighted by Gasteiger charge is 2.40. The van der Waals surface area contributed by atoms with Crippen molar-refractivity contribution in [2.45, 2.75) is 71.4 Å². The van der Waals surface area contributed by atoms with Gasteiger partial charge in [-0.1, -0.05) is 27.7 Å². The van der Waals surface area contributed by atoms with E-state index in [2.05, 4.69) is 33.0 Å². The standard InChI is InChI=1S/C16H33NO2/c1-6-11-17-14(7-8-15(2,3)4)16(18-5)9-12-19-13-10-16/h14,17H,6-13H2,1-5H3. The van der Waals surface area contributed by atoms with Crippen LogP contribution in [0.3, 0.4) is 0 Å². The minimum atomic E-state index is -0.0291. The molecule has 0 radical (unpaired) electrons. The molecule has 1 atom stereocenters. The van der Waals surface area contributed by atoms with Crippen LogP contribution < -0.4 is 5.32 Å². The molecule has 1 fully saturated rings. The Morgan fingerprint density at radius 2 is 1.89 bits per heavy atom. The molecule has 0 bridgehead atoms. The zero-order valence-corrected chi connectivity index (χ0v) is 13.6. The van der Waals surface area contributed by atoms with E-state index in [4.69, 9.17) is 9.47 Å². The lowest BCUT2D eigenvalue weighted by Gasteiger charge is -2.43. The molecule has 3 heteroatoms. The van der Waals surface area contributed by atoms with Gasteiger partial charge in [-0.25, -0.2) is 0 Å². The van der Waals surface area contributed by atoms with Gasteiger partial charge in [-0.15, -0.1) is 0 Å². The molecule has 1 unspecified atom stereocenters. The van der Waals surface area contributed by atoms with Crippen LogP contribution in [-0.2, 0) is 9.47 Å². The molecule has 1 heterocycles. The second-order valence-electron chi connectivity index (χ2n) is 6.99. The molecular formula is C16H33NO2. The summed E-state index contributed by atoms with van der Waals surface area (Å²) in [5.74, 6) is 0. The first kappa shape index (κ1) is 16.9. The zero-order chi connectivity index (χ0) is 14.4. The third-order valence-corrected chi connectivity index (χ3v) is 4.20. The van der Waals surface area contributed by atoms with E-state index in [1.165, 1.54) is 19.3 Å². The largest absolute Gasteiger partial charge is 0.381 e. The highest BCUT2D eigenvalue weighted by molar-refractivity contribution is 4.95. The van der Waals surface area contributed by atoms with Crippen molar-refractivity contribution in [3.05, 3.63) is 0 Å². The van der Waals surface area contributed by atoms with Gasteiger partial charge in [0.1, 0.15) is 0 Å². The first-order chi connectivity index (χ1) is 8.93. The Bertz CT molecular complexity index is 242. The predicted octanol–water partition coefficient (Wildman–Crippen LogP) is 3.38. The Hall–Kier alpha value is -0.120. The quantitative estimate of drug-likeness (QED) is 0.770. The van der Waals surface area contributed by atoms with E-state index < -0.39 is 0 Å². The molecule has 0 spiro atoms. The topological polar surface area (TPSA) is 30.5 Å². The molecule has 3 nitrogen and oxygen atoms in total. The van der Waals surface area contributed by atoms with Crippen LogP contribution >= 0.6 is 0 Å². The van der Waals surface area contributed by atoms with Crippen LogP contribution in [-0.4, -0.2) is 38.5 Å². The van der Waals surface area contributed by atoms with Crippen LogP contribution in [0, 0.1) is 5.41 Å². The van der Waals surface area contributed by atoms with Crippen molar-refractivity contribution in [1.29, 1.82) is 0 Å². The fourth-order valence-corrected chi connectivity index (χ4v) is 2.86. The van der Waals surface area contributed by atoms with E-state index in [0.29, 0.717) is 11.5 Å². The highest BCUT2D eigenvalue weighted by atomic mass is 16.5. The molecule has 0 aromatic carbocycles. The molecule has 1 aliphatic heterocycles. The summed E-state index contributed by atoms with van der Waals surface area (Å²) < 4.78 is 11.5. The van der Waals surface area contributed by atoms with Crippen LogP contribution in [0.25, 0.3) is 0 Å². The summed E-state index contributed by atoms with van der Waals surface area (Å²) in [4.78, 5) is 0. The number of methoxy groups -OCH3 is 1. The molecule has 0 aliphatic carbocycles. The lowest BCUT2D eigenvalue weighted by molar-refractivity contribution is -0.112. The van der Waals surface area contributed by atoms with Gasteiger partial charge in [-0.3, -0.25) is 0 Å². The monoisotopic (exact) mass is 271 g/mol. The zero-order valence-electron chi connectivity index (χ0n) is 13.6. The average molecular weight is 271 g/mol. The number of hydrogen-bond donors (Lipinski definition) is 1. The van der Waals surface area contributed by atoms with Crippen molar-refractivity contribution in [3.63, 3.8) is 0 Å². The van der Waals surface area contributed by atoms with Gasteiger partial charge >= 0.3 is 0 Å². The van der Waals surface area contributed by atoms with Crippen molar-refractivity contribution in [3.8, 4) is 0 Å². The Labute approximate surface area is 119 Å². The Kier molecular flexibility index (Phi) is 6.78. The summed E-state index contributed by atoms with van der Waals surface area (Å²) in [5, 5.41) is 3.72. The maximum absolute atomic E-state index is 5.96. The van der Waals surface area contributed by atoms with E-state index in [9.17, 15) is 0 Å². The first-order valence-corrected chi connectivity index (χ1v) is 7.80. The Morgan fingerprint density at radius 1 is 1.26 bits per heavy atom. The molecule has 1 saturated heterocycles. The van der Waals surface area contributed by atoms with E-state index in [1.54, 1.807) is 0 Å². The van der Waals surface area contributed by atoms with Gasteiger partial charge in [0.05, 0.1) is 5.60 Å². The van der Waals surface area contributed by atoms with E-state index >= 15 is 0 Å². The smallest absolute Gasteiger partial charge is 0.0874 e. The van der Waals surface area contributed by atoms with E-state index in [0.717, 1.165) is 32.6 Å². The van der Waals surface area contributed by atoms with Crippen molar-refractivity contribution < 1.29 is 9.47 Å². The van der Waals surface area contributed by atoms with E-state index in [-0.39, 0.29) is 5.60 Å². The third kappa shape index (κ3) is 5.41. The molecule has 19 heavy (non-hydrogen) atoms. The maximum atomic E-state index is 5.96. The van der Waals surface area contributed by atoms with Crippen molar-refractivity contribution in [1.82, 2.24) is 5.32 Å². The average Bonchev–Trinajstić information content (AvgIpc) is 2.38. The first-order valence-electron chi connectivity index (χ1n) is 7.80. The van der Waals surface area contributed by atoms with Crippen LogP contribution in [0.4, 0.5) is 0 Å². The molecule has 1 rings (SSSR count).